The Balaban J connectivity index is 1.92. The minimum absolute atomic E-state index is 0.492. The molecule has 0 aliphatic heterocycles. The summed E-state index contributed by atoms with van der Waals surface area (Å²) >= 11 is 0. The van der Waals surface area contributed by atoms with Crippen LogP contribution in [-0.4, -0.2) is 22.3 Å². The molecule has 5 nitrogen and oxygen atoms in total. The molecule has 0 unspecified atom stereocenters. The van der Waals surface area contributed by atoms with Crippen LogP contribution in [0.3, 0.4) is 0 Å². The number of aryl methyl sites for hydroxylation is 4. The summed E-state index contributed by atoms with van der Waals surface area (Å²) in [5.74, 6) is 0.492. The van der Waals surface area contributed by atoms with E-state index in [4.69, 9.17) is 5.73 Å². The molecule has 0 radical (unpaired) electrons. The van der Waals surface area contributed by atoms with Gasteiger partial charge in [-0.15, -0.1) is 0 Å². The summed E-state index contributed by atoms with van der Waals surface area (Å²) in [6.07, 6.45) is 7.82. The van der Waals surface area contributed by atoms with Gasteiger partial charge in [0.15, 0.2) is 5.96 Å². The number of hydrogen-bond acceptors (Lipinski definition) is 2. The molecule has 0 saturated carbocycles. The molecule has 0 fully saturated rings. The maximum absolute atomic E-state index is 6.06. The number of aromatic nitrogens is 2. The lowest BCUT2D eigenvalue weighted by Gasteiger charge is -2.14. The first-order chi connectivity index (χ1) is 11.1. The summed E-state index contributed by atoms with van der Waals surface area (Å²) in [7, 11) is 1.93. The van der Waals surface area contributed by atoms with Crippen molar-refractivity contribution in [2.24, 2.45) is 17.8 Å². The van der Waals surface area contributed by atoms with E-state index >= 15 is 0 Å². The molecule has 2 rings (SSSR count). The van der Waals surface area contributed by atoms with Crippen LogP contribution in [0.2, 0.25) is 0 Å². The number of nitrogens with two attached hydrogens (primary N) is 1. The van der Waals surface area contributed by atoms with Crippen molar-refractivity contribution in [3.8, 4) is 0 Å². The van der Waals surface area contributed by atoms with E-state index in [-0.39, 0.29) is 0 Å². The fourth-order valence-corrected chi connectivity index (χ4v) is 2.65. The monoisotopic (exact) mass is 313 g/mol. The van der Waals surface area contributed by atoms with Crippen molar-refractivity contribution >= 4 is 11.6 Å². The van der Waals surface area contributed by atoms with Gasteiger partial charge in [0, 0.05) is 25.5 Å². The average molecular weight is 313 g/mol. The van der Waals surface area contributed by atoms with Gasteiger partial charge >= 0.3 is 0 Å². The average Bonchev–Trinajstić information content (AvgIpc) is 2.97. The zero-order chi connectivity index (χ0) is 16.7. The summed E-state index contributed by atoms with van der Waals surface area (Å²) in [4.78, 5) is 4.45. The Morgan fingerprint density at radius 1 is 1.26 bits per heavy atom. The quantitative estimate of drug-likeness (QED) is 0.469. The standard InChI is InChI=1S/C18H27N5/c1-4-15-9-6-10-16(5-2)17(15)22-18(19)20-11-7-8-14-12-21-23(3)13-14/h6,9-10,12-13H,4-5,7-8,11H2,1-3H3,(H3,19,20,22). The highest BCUT2D eigenvalue weighted by Gasteiger charge is 2.06. The van der Waals surface area contributed by atoms with Crippen LogP contribution in [0.5, 0.6) is 0 Å². The number of hydrogen-bond donors (Lipinski definition) is 2. The normalized spacial score (nSPS) is 11.7. The van der Waals surface area contributed by atoms with E-state index in [0.29, 0.717) is 12.5 Å². The molecule has 1 aromatic heterocycles. The zero-order valence-electron chi connectivity index (χ0n) is 14.3. The van der Waals surface area contributed by atoms with Crippen molar-refractivity contribution in [3.63, 3.8) is 0 Å². The van der Waals surface area contributed by atoms with E-state index in [2.05, 4.69) is 47.5 Å². The van der Waals surface area contributed by atoms with Crippen molar-refractivity contribution < 1.29 is 0 Å². The summed E-state index contributed by atoms with van der Waals surface area (Å²) in [5.41, 5.74) is 11.0. The summed E-state index contributed by atoms with van der Waals surface area (Å²) in [5, 5.41) is 7.46. The van der Waals surface area contributed by atoms with Crippen LogP contribution >= 0.6 is 0 Å². The van der Waals surface area contributed by atoms with Crippen LogP contribution in [0, 0.1) is 0 Å². The highest BCUT2D eigenvalue weighted by Crippen LogP contribution is 2.22. The van der Waals surface area contributed by atoms with Crippen LogP contribution in [-0.2, 0) is 26.3 Å². The number of para-hydroxylation sites is 1. The first-order valence-electron chi connectivity index (χ1n) is 8.29. The SMILES string of the molecule is CCc1cccc(CC)c1NC(N)=NCCCc1cnn(C)c1. The van der Waals surface area contributed by atoms with Gasteiger partial charge < -0.3 is 11.1 Å². The summed E-state index contributed by atoms with van der Waals surface area (Å²) in [6.45, 7) is 5.02. The fourth-order valence-electron chi connectivity index (χ4n) is 2.65. The number of aliphatic imine (C=N–C) groups is 1. The number of anilines is 1. The smallest absolute Gasteiger partial charge is 0.193 e. The molecule has 0 spiro atoms. The molecule has 0 bridgehead atoms. The number of nitrogens with one attached hydrogen (secondary N) is 1. The molecular weight excluding hydrogens is 286 g/mol. The third-order valence-electron chi connectivity index (χ3n) is 3.92. The molecule has 124 valence electrons. The number of guanidine groups is 1. The van der Waals surface area contributed by atoms with Crippen molar-refractivity contribution in [2.75, 3.05) is 11.9 Å². The molecular formula is C18H27N5. The van der Waals surface area contributed by atoms with Crippen LogP contribution < -0.4 is 11.1 Å². The van der Waals surface area contributed by atoms with Gasteiger partial charge in [-0.1, -0.05) is 32.0 Å². The molecule has 3 N–H and O–H groups in total. The van der Waals surface area contributed by atoms with E-state index in [9.17, 15) is 0 Å². The lowest BCUT2D eigenvalue weighted by atomic mass is 10.0. The maximum atomic E-state index is 6.06. The van der Waals surface area contributed by atoms with E-state index < -0.39 is 0 Å². The van der Waals surface area contributed by atoms with Gasteiger partial charge in [0.2, 0.25) is 0 Å². The Kier molecular flexibility index (Phi) is 6.20. The predicted octanol–water partition coefficient (Wildman–Crippen LogP) is 2.90. The van der Waals surface area contributed by atoms with Gasteiger partial charge in [-0.25, -0.2) is 0 Å². The van der Waals surface area contributed by atoms with Gasteiger partial charge in [-0.05, 0) is 42.4 Å². The number of nitrogens with zero attached hydrogens (tertiary/aromatic N) is 3. The second-order valence-corrected chi connectivity index (χ2v) is 5.68. The first-order valence-corrected chi connectivity index (χ1v) is 8.29. The summed E-state index contributed by atoms with van der Waals surface area (Å²) in [6, 6.07) is 6.37. The van der Waals surface area contributed by atoms with Gasteiger partial charge in [0.05, 0.1) is 6.20 Å². The molecule has 0 aliphatic rings. The van der Waals surface area contributed by atoms with Gasteiger partial charge in [0.1, 0.15) is 0 Å². The second-order valence-electron chi connectivity index (χ2n) is 5.68. The Labute approximate surface area is 138 Å². The Morgan fingerprint density at radius 3 is 2.52 bits per heavy atom. The highest BCUT2D eigenvalue weighted by atomic mass is 15.2. The third kappa shape index (κ3) is 4.84. The fraction of sp³-hybridized carbons (Fsp3) is 0.444. The molecule has 0 amide bonds. The van der Waals surface area contributed by atoms with Gasteiger partial charge in [0.25, 0.3) is 0 Å². The Morgan fingerprint density at radius 2 is 1.96 bits per heavy atom. The molecule has 0 aliphatic carbocycles. The molecule has 0 atom stereocenters. The van der Waals surface area contributed by atoms with Gasteiger partial charge in [-0.3, -0.25) is 9.67 Å². The zero-order valence-corrected chi connectivity index (χ0v) is 14.3. The summed E-state index contributed by atoms with van der Waals surface area (Å²) < 4.78 is 1.82. The van der Waals surface area contributed by atoms with E-state index in [1.807, 2.05) is 24.1 Å². The molecule has 2 aromatic rings. The molecule has 1 aromatic carbocycles. The van der Waals surface area contributed by atoms with Crippen molar-refractivity contribution in [1.82, 2.24) is 9.78 Å². The molecule has 1 heterocycles. The lowest BCUT2D eigenvalue weighted by molar-refractivity contribution is 0.765. The van der Waals surface area contributed by atoms with Crippen molar-refractivity contribution in [3.05, 3.63) is 47.3 Å². The van der Waals surface area contributed by atoms with E-state index in [1.54, 1.807) is 0 Å². The maximum Gasteiger partial charge on any atom is 0.193 e. The van der Waals surface area contributed by atoms with E-state index in [1.165, 1.54) is 16.7 Å². The predicted molar refractivity (Wildman–Crippen MR) is 96.8 cm³/mol. The van der Waals surface area contributed by atoms with Crippen LogP contribution in [0.15, 0.2) is 35.6 Å². The minimum Gasteiger partial charge on any atom is -0.370 e. The molecule has 5 heteroatoms. The Bertz CT molecular complexity index is 635. The topological polar surface area (TPSA) is 68.2 Å². The Hall–Kier alpha value is -2.30. The molecule has 23 heavy (non-hydrogen) atoms. The largest absolute Gasteiger partial charge is 0.370 e. The molecule has 0 saturated heterocycles. The first kappa shape index (κ1) is 17.1. The van der Waals surface area contributed by atoms with Crippen LogP contribution in [0.1, 0.15) is 37.0 Å². The van der Waals surface area contributed by atoms with Crippen LogP contribution in [0.4, 0.5) is 5.69 Å². The van der Waals surface area contributed by atoms with Crippen LogP contribution in [0.25, 0.3) is 0 Å². The number of rotatable bonds is 7. The van der Waals surface area contributed by atoms with Crippen molar-refractivity contribution in [1.29, 1.82) is 0 Å². The van der Waals surface area contributed by atoms with E-state index in [0.717, 1.165) is 31.4 Å². The van der Waals surface area contributed by atoms with Crippen molar-refractivity contribution in [2.45, 2.75) is 39.5 Å². The highest BCUT2D eigenvalue weighted by molar-refractivity contribution is 5.93. The minimum atomic E-state index is 0.492. The number of benzene rings is 1. The lowest BCUT2D eigenvalue weighted by Crippen LogP contribution is -2.24. The van der Waals surface area contributed by atoms with Gasteiger partial charge in [-0.2, -0.15) is 5.10 Å². The second kappa shape index (κ2) is 8.36. The third-order valence-corrected chi connectivity index (χ3v) is 3.92.